The predicted molar refractivity (Wildman–Crippen MR) is 76.4 cm³/mol. The maximum absolute atomic E-state index is 5.98. The summed E-state index contributed by atoms with van der Waals surface area (Å²) in [5.41, 5.74) is 7.43. The lowest BCUT2D eigenvalue weighted by molar-refractivity contribution is 0.476. The van der Waals surface area contributed by atoms with Crippen molar-refractivity contribution >= 4 is 17.3 Å². The largest absolute Gasteiger partial charge is 0.457 e. The zero-order valence-corrected chi connectivity index (χ0v) is 11.1. The molecule has 2 nitrogen and oxygen atoms in total. The maximum Gasteiger partial charge on any atom is 0.130 e. The molecule has 0 radical (unpaired) electrons. The van der Waals surface area contributed by atoms with Crippen LogP contribution in [0.3, 0.4) is 0 Å². The van der Waals surface area contributed by atoms with Crippen molar-refractivity contribution in [2.75, 3.05) is 5.73 Å². The molecule has 0 atom stereocenters. The number of ether oxygens (including phenoxy) is 1. The standard InChI is InChI=1S/C15H16ClNO/c1-2-5-11-6-3-4-7-15(11)18-12-8-9-14(17)13(16)10-12/h3-4,6-10H,2,5,17H2,1H3. The summed E-state index contributed by atoms with van der Waals surface area (Å²) in [7, 11) is 0. The molecule has 0 unspecified atom stereocenters. The van der Waals surface area contributed by atoms with Crippen LogP contribution in [0, 0.1) is 0 Å². The van der Waals surface area contributed by atoms with E-state index in [1.54, 1.807) is 12.1 Å². The average molecular weight is 262 g/mol. The van der Waals surface area contributed by atoms with Crippen LogP contribution in [0.2, 0.25) is 5.02 Å². The highest BCUT2D eigenvalue weighted by Crippen LogP contribution is 2.30. The SMILES string of the molecule is CCCc1ccccc1Oc1ccc(N)c(Cl)c1. The van der Waals surface area contributed by atoms with Crippen molar-refractivity contribution in [2.45, 2.75) is 19.8 Å². The summed E-state index contributed by atoms with van der Waals surface area (Å²) < 4.78 is 5.86. The van der Waals surface area contributed by atoms with Crippen LogP contribution in [0.5, 0.6) is 11.5 Å². The second kappa shape index (κ2) is 5.78. The van der Waals surface area contributed by atoms with Crippen molar-refractivity contribution in [3.8, 4) is 11.5 Å². The van der Waals surface area contributed by atoms with Gasteiger partial charge in [0.2, 0.25) is 0 Å². The van der Waals surface area contributed by atoms with Gasteiger partial charge in [0.15, 0.2) is 0 Å². The van der Waals surface area contributed by atoms with Crippen molar-refractivity contribution < 1.29 is 4.74 Å². The van der Waals surface area contributed by atoms with E-state index in [1.165, 1.54) is 5.56 Å². The van der Waals surface area contributed by atoms with Crippen molar-refractivity contribution in [1.82, 2.24) is 0 Å². The summed E-state index contributed by atoms with van der Waals surface area (Å²) >= 11 is 5.98. The van der Waals surface area contributed by atoms with Crippen molar-refractivity contribution in [2.24, 2.45) is 0 Å². The van der Waals surface area contributed by atoms with Crippen molar-refractivity contribution in [3.05, 3.63) is 53.1 Å². The number of nitrogens with two attached hydrogens (primary N) is 1. The number of para-hydroxylation sites is 1. The first-order chi connectivity index (χ1) is 8.70. The summed E-state index contributed by atoms with van der Waals surface area (Å²) in [6.45, 7) is 2.15. The van der Waals surface area contributed by atoms with E-state index in [1.807, 2.05) is 24.3 Å². The zero-order chi connectivity index (χ0) is 13.0. The molecular weight excluding hydrogens is 246 g/mol. The second-order valence-electron chi connectivity index (χ2n) is 4.14. The van der Waals surface area contributed by atoms with E-state index in [4.69, 9.17) is 22.1 Å². The molecular formula is C15H16ClNO. The van der Waals surface area contributed by atoms with Gasteiger partial charge in [-0.2, -0.15) is 0 Å². The Hall–Kier alpha value is -1.67. The van der Waals surface area contributed by atoms with E-state index in [9.17, 15) is 0 Å². The lowest BCUT2D eigenvalue weighted by Crippen LogP contribution is -1.92. The molecule has 2 aromatic rings. The molecule has 0 saturated carbocycles. The Bertz CT molecular complexity index is 540. The summed E-state index contributed by atoms with van der Waals surface area (Å²) in [6, 6.07) is 13.3. The van der Waals surface area contributed by atoms with Gasteiger partial charge in [0, 0.05) is 6.07 Å². The molecule has 0 aliphatic carbocycles. The van der Waals surface area contributed by atoms with Gasteiger partial charge in [-0.25, -0.2) is 0 Å². The minimum Gasteiger partial charge on any atom is -0.457 e. The number of nitrogen functional groups attached to an aromatic ring is 1. The molecule has 0 bridgehead atoms. The molecule has 0 amide bonds. The topological polar surface area (TPSA) is 35.2 Å². The van der Waals surface area contributed by atoms with E-state index < -0.39 is 0 Å². The lowest BCUT2D eigenvalue weighted by atomic mass is 10.1. The van der Waals surface area contributed by atoms with Crippen LogP contribution in [0.15, 0.2) is 42.5 Å². The number of hydrogen-bond acceptors (Lipinski definition) is 2. The molecule has 2 aromatic carbocycles. The van der Waals surface area contributed by atoms with E-state index in [0.717, 1.165) is 18.6 Å². The van der Waals surface area contributed by atoms with Crippen LogP contribution in [-0.2, 0) is 6.42 Å². The summed E-state index contributed by atoms with van der Waals surface area (Å²) in [5.74, 6) is 1.58. The minimum absolute atomic E-state index is 0.514. The first-order valence-electron chi connectivity index (χ1n) is 6.01. The molecule has 0 spiro atoms. The van der Waals surface area contributed by atoms with Crippen molar-refractivity contribution in [3.63, 3.8) is 0 Å². The highest BCUT2D eigenvalue weighted by Gasteiger charge is 2.05. The summed E-state index contributed by atoms with van der Waals surface area (Å²) in [5, 5.41) is 0.514. The van der Waals surface area contributed by atoms with Crippen LogP contribution in [0.25, 0.3) is 0 Å². The lowest BCUT2D eigenvalue weighted by Gasteiger charge is -2.11. The number of benzene rings is 2. The van der Waals surface area contributed by atoms with Crippen LogP contribution in [-0.4, -0.2) is 0 Å². The zero-order valence-electron chi connectivity index (χ0n) is 10.3. The third-order valence-corrected chi connectivity index (χ3v) is 3.02. The molecule has 0 aromatic heterocycles. The molecule has 0 aliphatic rings. The summed E-state index contributed by atoms with van der Waals surface area (Å²) in [4.78, 5) is 0. The first-order valence-corrected chi connectivity index (χ1v) is 6.39. The third kappa shape index (κ3) is 2.96. The van der Waals surface area contributed by atoms with Gasteiger partial charge in [0.1, 0.15) is 11.5 Å². The van der Waals surface area contributed by atoms with Gasteiger partial charge >= 0.3 is 0 Å². The molecule has 0 aliphatic heterocycles. The highest BCUT2D eigenvalue weighted by molar-refractivity contribution is 6.33. The smallest absolute Gasteiger partial charge is 0.130 e. The van der Waals surface area contributed by atoms with Gasteiger partial charge in [0.25, 0.3) is 0 Å². The monoisotopic (exact) mass is 261 g/mol. The van der Waals surface area contributed by atoms with Gasteiger partial charge in [-0.3, -0.25) is 0 Å². The Morgan fingerprint density at radius 3 is 2.67 bits per heavy atom. The third-order valence-electron chi connectivity index (χ3n) is 2.69. The molecule has 94 valence electrons. The number of hydrogen-bond donors (Lipinski definition) is 1. The Kier molecular flexibility index (Phi) is 4.11. The predicted octanol–water partition coefficient (Wildman–Crippen LogP) is 4.67. The van der Waals surface area contributed by atoms with Gasteiger partial charge in [-0.05, 0) is 30.2 Å². The molecule has 3 heteroatoms. The van der Waals surface area contributed by atoms with E-state index in [2.05, 4.69) is 13.0 Å². The van der Waals surface area contributed by atoms with Crippen LogP contribution >= 0.6 is 11.6 Å². The van der Waals surface area contributed by atoms with E-state index in [-0.39, 0.29) is 0 Å². The second-order valence-corrected chi connectivity index (χ2v) is 4.55. The Morgan fingerprint density at radius 2 is 1.94 bits per heavy atom. The number of rotatable bonds is 4. The summed E-state index contributed by atoms with van der Waals surface area (Å²) in [6.07, 6.45) is 2.09. The Balaban J connectivity index is 2.25. The fourth-order valence-electron chi connectivity index (χ4n) is 1.78. The fourth-order valence-corrected chi connectivity index (χ4v) is 1.95. The van der Waals surface area contributed by atoms with Gasteiger partial charge in [-0.15, -0.1) is 0 Å². The van der Waals surface area contributed by atoms with Gasteiger partial charge in [-0.1, -0.05) is 43.1 Å². The fraction of sp³-hybridized carbons (Fsp3) is 0.200. The van der Waals surface area contributed by atoms with E-state index >= 15 is 0 Å². The van der Waals surface area contributed by atoms with Crippen LogP contribution in [0.1, 0.15) is 18.9 Å². The number of anilines is 1. The van der Waals surface area contributed by atoms with Crippen LogP contribution < -0.4 is 10.5 Å². The molecule has 2 N–H and O–H groups in total. The molecule has 0 fully saturated rings. The number of halogens is 1. The number of aryl methyl sites for hydroxylation is 1. The van der Waals surface area contributed by atoms with Gasteiger partial charge < -0.3 is 10.5 Å². The van der Waals surface area contributed by atoms with Gasteiger partial charge in [0.05, 0.1) is 10.7 Å². The molecule has 18 heavy (non-hydrogen) atoms. The maximum atomic E-state index is 5.98. The Morgan fingerprint density at radius 1 is 1.17 bits per heavy atom. The average Bonchev–Trinajstić information content (AvgIpc) is 2.37. The van der Waals surface area contributed by atoms with Crippen LogP contribution in [0.4, 0.5) is 5.69 Å². The minimum atomic E-state index is 0.514. The highest BCUT2D eigenvalue weighted by atomic mass is 35.5. The quantitative estimate of drug-likeness (QED) is 0.812. The molecule has 2 rings (SSSR count). The first kappa shape index (κ1) is 12.8. The molecule has 0 saturated heterocycles. The van der Waals surface area contributed by atoms with E-state index in [0.29, 0.717) is 16.5 Å². The molecule has 0 heterocycles. The normalized spacial score (nSPS) is 10.3. The van der Waals surface area contributed by atoms with Crippen molar-refractivity contribution in [1.29, 1.82) is 0 Å². The Labute approximate surface area is 112 Å².